The minimum Gasteiger partial charge on any atom is -0.489 e. The zero-order valence-corrected chi connectivity index (χ0v) is 16.6. The minimum atomic E-state index is -2.84. The van der Waals surface area contributed by atoms with Gasteiger partial charge in [-0.15, -0.1) is 0 Å². The Kier molecular flexibility index (Phi) is 5.79. The highest BCUT2D eigenvalue weighted by Crippen LogP contribution is 2.22. The van der Waals surface area contributed by atoms with Crippen molar-refractivity contribution in [2.24, 2.45) is 0 Å². The van der Waals surface area contributed by atoms with Crippen LogP contribution < -0.4 is 14.8 Å². The number of carbonyl (C=O) groups excluding carboxylic acids is 1. The van der Waals surface area contributed by atoms with Gasteiger partial charge >= 0.3 is 6.61 Å². The van der Waals surface area contributed by atoms with E-state index in [9.17, 15) is 13.6 Å². The molecule has 0 aliphatic carbocycles. The Labute approximate surface area is 177 Å². The van der Waals surface area contributed by atoms with Crippen molar-refractivity contribution in [1.82, 2.24) is 14.9 Å². The Bertz CT molecular complexity index is 1190. The maximum absolute atomic E-state index is 12.2. The van der Waals surface area contributed by atoms with Gasteiger partial charge in [0.1, 0.15) is 24.4 Å². The molecular formula is C23H19F2N3O3. The summed E-state index contributed by atoms with van der Waals surface area (Å²) in [6.07, 6.45) is 1.71. The molecule has 0 fully saturated rings. The van der Waals surface area contributed by atoms with E-state index in [1.165, 1.54) is 12.1 Å². The minimum absolute atomic E-state index is 0.109. The molecule has 0 aliphatic rings. The first kappa shape index (κ1) is 20.3. The summed E-state index contributed by atoms with van der Waals surface area (Å²) in [5.41, 5.74) is 3.89. The third kappa shape index (κ3) is 4.63. The maximum Gasteiger partial charge on any atom is 0.387 e. The number of hydrogen-bond donors (Lipinski definition) is 1. The lowest BCUT2D eigenvalue weighted by molar-refractivity contribution is -0.0498. The van der Waals surface area contributed by atoms with Crippen LogP contribution in [0.5, 0.6) is 11.5 Å². The molecule has 0 bridgehead atoms. The normalized spacial score (nSPS) is 11.0. The number of benzene rings is 3. The fourth-order valence-electron chi connectivity index (χ4n) is 3.14. The molecule has 1 heterocycles. The fraction of sp³-hybridized carbons (Fsp3) is 0.130. The van der Waals surface area contributed by atoms with Crippen LogP contribution in [0.3, 0.4) is 0 Å². The highest BCUT2D eigenvalue weighted by Gasteiger charge is 2.09. The molecule has 158 valence electrons. The lowest BCUT2D eigenvalue weighted by Gasteiger charge is -2.09. The van der Waals surface area contributed by atoms with E-state index in [4.69, 9.17) is 4.74 Å². The summed E-state index contributed by atoms with van der Waals surface area (Å²) in [6, 6.07) is 19.2. The first-order valence-electron chi connectivity index (χ1n) is 9.49. The van der Waals surface area contributed by atoms with Gasteiger partial charge in [0.2, 0.25) is 0 Å². The summed E-state index contributed by atoms with van der Waals surface area (Å²) in [4.78, 5) is 16.2. The smallest absolute Gasteiger partial charge is 0.387 e. The molecule has 6 nitrogen and oxygen atoms in total. The number of amides is 1. The summed E-state index contributed by atoms with van der Waals surface area (Å²) in [5.74, 6) is 0.621. The third-order valence-electron chi connectivity index (χ3n) is 4.71. The third-order valence-corrected chi connectivity index (χ3v) is 4.71. The van der Waals surface area contributed by atoms with E-state index >= 15 is 0 Å². The van der Waals surface area contributed by atoms with Crippen LogP contribution in [0.25, 0.3) is 16.7 Å². The summed E-state index contributed by atoms with van der Waals surface area (Å²) in [5, 5.41) is 2.60. The number of aromatic nitrogens is 2. The van der Waals surface area contributed by atoms with Crippen LogP contribution in [0.1, 0.15) is 15.9 Å². The zero-order valence-electron chi connectivity index (χ0n) is 16.6. The van der Waals surface area contributed by atoms with Crippen LogP contribution in [-0.2, 0) is 6.61 Å². The molecule has 31 heavy (non-hydrogen) atoms. The predicted octanol–water partition coefficient (Wildman–Crippen LogP) is 4.57. The highest BCUT2D eigenvalue weighted by atomic mass is 19.3. The van der Waals surface area contributed by atoms with E-state index < -0.39 is 6.61 Å². The van der Waals surface area contributed by atoms with E-state index in [1.54, 1.807) is 37.6 Å². The Balaban J connectivity index is 1.44. The van der Waals surface area contributed by atoms with Crippen molar-refractivity contribution in [1.29, 1.82) is 0 Å². The van der Waals surface area contributed by atoms with E-state index in [0.29, 0.717) is 17.9 Å². The molecule has 8 heteroatoms. The first-order chi connectivity index (χ1) is 15.0. The van der Waals surface area contributed by atoms with E-state index in [-0.39, 0.29) is 11.7 Å². The molecule has 1 aromatic heterocycles. The molecule has 4 rings (SSSR count). The topological polar surface area (TPSA) is 65.4 Å². The van der Waals surface area contributed by atoms with Crippen LogP contribution in [0, 0.1) is 0 Å². The maximum atomic E-state index is 12.2. The Morgan fingerprint density at radius 3 is 2.42 bits per heavy atom. The molecule has 1 amide bonds. The standard InChI is InChI=1S/C23H19F2N3O3/c1-26-22(29)16-4-11-21-20(12-16)27-14-28(21)17-5-9-18(10-6-17)30-13-15-2-7-19(8-3-15)31-23(24)25/h2-12,14,23H,13H2,1H3,(H,26,29). The van der Waals surface area contributed by atoms with Crippen LogP contribution >= 0.6 is 0 Å². The molecule has 4 aromatic rings. The van der Waals surface area contributed by atoms with Crippen LogP contribution in [0.15, 0.2) is 73.1 Å². The first-order valence-corrected chi connectivity index (χ1v) is 9.49. The van der Waals surface area contributed by atoms with Gasteiger partial charge in [-0.25, -0.2) is 4.98 Å². The average molecular weight is 423 g/mol. The number of carbonyl (C=O) groups is 1. The van der Waals surface area contributed by atoms with Crippen molar-refractivity contribution in [3.8, 4) is 17.2 Å². The Morgan fingerprint density at radius 1 is 1.03 bits per heavy atom. The van der Waals surface area contributed by atoms with Crippen molar-refractivity contribution >= 4 is 16.9 Å². The van der Waals surface area contributed by atoms with E-state index in [2.05, 4.69) is 15.0 Å². The van der Waals surface area contributed by atoms with Gasteiger partial charge in [0.25, 0.3) is 5.91 Å². The second kappa shape index (κ2) is 8.83. The van der Waals surface area contributed by atoms with Gasteiger partial charge in [0.05, 0.1) is 11.0 Å². The van der Waals surface area contributed by atoms with Gasteiger partial charge < -0.3 is 14.8 Å². The van der Waals surface area contributed by atoms with Gasteiger partial charge in [-0.2, -0.15) is 8.78 Å². The predicted molar refractivity (Wildman–Crippen MR) is 112 cm³/mol. The lowest BCUT2D eigenvalue weighted by atomic mass is 10.2. The van der Waals surface area contributed by atoms with Crippen molar-refractivity contribution in [2.75, 3.05) is 7.05 Å². The molecule has 0 radical (unpaired) electrons. The van der Waals surface area contributed by atoms with Crippen molar-refractivity contribution in [2.45, 2.75) is 13.2 Å². The highest BCUT2D eigenvalue weighted by molar-refractivity contribution is 5.97. The second-order valence-corrected chi connectivity index (χ2v) is 6.70. The van der Waals surface area contributed by atoms with E-state index in [0.717, 1.165) is 22.3 Å². The summed E-state index contributed by atoms with van der Waals surface area (Å²) >= 11 is 0. The summed E-state index contributed by atoms with van der Waals surface area (Å²) in [7, 11) is 1.59. The zero-order chi connectivity index (χ0) is 21.8. The van der Waals surface area contributed by atoms with Crippen molar-refractivity contribution in [3.63, 3.8) is 0 Å². The van der Waals surface area contributed by atoms with Gasteiger partial charge in [-0.05, 0) is 60.2 Å². The molecule has 0 atom stereocenters. The number of halogens is 2. The largest absolute Gasteiger partial charge is 0.489 e. The number of hydrogen-bond acceptors (Lipinski definition) is 4. The second-order valence-electron chi connectivity index (χ2n) is 6.70. The van der Waals surface area contributed by atoms with Gasteiger partial charge in [0.15, 0.2) is 0 Å². The summed E-state index contributed by atoms with van der Waals surface area (Å²) in [6.45, 7) is -2.55. The molecular weight excluding hydrogens is 404 g/mol. The lowest BCUT2D eigenvalue weighted by Crippen LogP contribution is -2.17. The number of fused-ring (bicyclic) bond motifs is 1. The number of alkyl halides is 2. The Hall–Kier alpha value is -3.94. The number of nitrogens with one attached hydrogen (secondary N) is 1. The number of rotatable bonds is 7. The monoisotopic (exact) mass is 423 g/mol. The van der Waals surface area contributed by atoms with Crippen LogP contribution in [-0.4, -0.2) is 29.1 Å². The number of imidazole rings is 1. The van der Waals surface area contributed by atoms with Gasteiger partial charge in [-0.3, -0.25) is 9.36 Å². The molecule has 0 saturated heterocycles. The SMILES string of the molecule is CNC(=O)c1ccc2c(c1)ncn2-c1ccc(OCc2ccc(OC(F)F)cc2)cc1. The molecule has 3 aromatic carbocycles. The Morgan fingerprint density at radius 2 is 1.74 bits per heavy atom. The van der Waals surface area contributed by atoms with Crippen LogP contribution in [0.2, 0.25) is 0 Å². The van der Waals surface area contributed by atoms with Crippen molar-refractivity contribution in [3.05, 3.63) is 84.2 Å². The average Bonchev–Trinajstić information content (AvgIpc) is 3.21. The molecule has 1 N–H and O–H groups in total. The van der Waals surface area contributed by atoms with E-state index in [1.807, 2.05) is 34.9 Å². The fourth-order valence-corrected chi connectivity index (χ4v) is 3.14. The van der Waals surface area contributed by atoms with Crippen LogP contribution in [0.4, 0.5) is 8.78 Å². The van der Waals surface area contributed by atoms with Gasteiger partial charge in [0, 0.05) is 18.3 Å². The summed E-state index contributed by atoms with van der Waals surface area (Å²) < 4.78 is 36.4. The number of ether oxygens (including phenoxy) is 2. The molecule has 0 unspecified atom stereocenters. The molecule has 0 saturated carbocycles. The van der Waals surface area contributed by atoms with Gasteiger partial charge in [-0.1, -0.05) is 12.1 Å². The van der Waals surface area contributed by atoms with Crippen molar-refractivity contribution < 1.29 is 23.0 Å². The number of nitrogens with zero attached hydrogens (tertiary/aromatic N) is 2. The molecule has 0 aliphatic heterocycles. The molecule has 0 spiro atoms. The quantitative estimate of drug-likeness (QED) is 0.473.